The highest BCUT2D eigenvalue weighted by Crippen LogP contribution is 2.50. The van der Waals surface area contributed by atoms with Gasteiger partial charge >= 0.3 is 0 Å². The summed E-state index contributed by atoms with van der Waals surface area (Å²) in [6.07, 6.45) is 0.796. The van der Waals surface area contributed by atoms with Crippen LogP contribution >= 0.6 is 11.6 Å². The lowest BCUT2D eigenvalue weighted by Crippen LogP contribution is -2.28. The highest BCUT2D eigenvalue weighted by Gasteiger charge is 2.46. The van der Waals surface area contributed by atoms with E-state index >= 15 is 0 Å². The van der Waals surface area contributed by atoms with Gasteiger partial charge < -0.3 is 5.32 Å². The van der Waals surface area contributed by atoms with Gasteiger partial charge in [-0.05, 0) is 25.0 Å². The fourth-order valence-electron chi connectivity index (χ4n) is 2.28. The molecule has 0 aliphatic heterocycles. The molecule has 0 bridgehead atoms. The first kappa shape index (κ1) is 16.2. The molecule has 1 aromatic rings. The Morgan fingerprint density at radius 3 is 2.81 bits per heavy atom. The number of nitrogens with two attached hydrogens (primary N) is 1. The monoisotopic (exact) mass is 334 g/mol. The maximum absolute atomic E-state index is 13.7. The van der Waals surface area contributed by atoms with E-state index in [2.05, 4.69) is 5.32 Å². The Hall–Kier alpha value is -1.18. The van der Waals surface area contributed by atoms with E-state index < -0.39 is 15.8 Å². The average Bonchev–Trinajstić information content (AvgIpc) is 3.13. The van der Waals surface area contributed by atoms with E-state index in [1.807, 2.05) is 0 Å². The number of sulfonamides is 1. The second-order valence-electron chi connectivity index (χ2n) is 5.10. The summed E-state index contributed by atoms with van der Waals surface area (Å²) in [4.78, 5) is 11.9. The Morgan fingerprint density at radius 1 is 1.48 bits per heavy atom. The van der Waals surface area contributed by atoms with E-state index in [9.17, 15) is 17.6 Å². The fraction of sp³-hybridized carbons (Fsp3) is 0.462. The maximum atomic E-state index is 13.7. The van der Waals surface area contributed by atoms with Crippen LogP contribution in [0.4, 0.5) is 4.39 Å². The Morgan fingerprint density at radius 2 is 2.19 bits per heavy atom. The third kappa shape index (κ3) is 4.39. The van der Waals surface area contributed by atoms with Gasteiger partial charge in [0.15, 0.2) is 0 Å². The number of carbonyl (C=O) groups excluding carboxylic acids is 1. The molecule has 2 rings (SSSR count). The zero-order valence-corrected chi connectivity index (χ0v) is 12.8. The molecular weight excluding hydrogens is 319 g/mol. The number of amides is 1. The van der Waals surface area contributed by atoms with Gasteiger partial charge in [0, 0.05) is 29.0 Å². The van der Waals surface area contributed by atoms with Crippen LogP contribution in [0, 0.1) is 11.7 Å². The normalized spacial score (nSPS) is 21.1. The summed E-state index contributed by atoms with van der Waals surface area (Å²) in [6, 6.07) is 4.44. The predicted molar refractivity (Wildman–Crippen MR) is 77.9 cm³/mol. The molecule has 8 heteroatoms. The van der Waals surface area contributed by atoms with Crippen LogP contribution in [-0.2, 0) is 14.8 Å². The molecule has 3 N–H and O–H groups in total. The summed E-state index contributed by atoms with van der Waals surface area (Å²) in [5.74, 6) is -1.32. The second-order valence-corrected chi connectivity index (χ2v) is 7.24. The van der Waals surface area contributed by atoms with E-state index in [1.54, 1.807) is 6.07 Å². The van der Waals surface area contributed by atoms with Crippen LogP contribution in [0.3, 0.4) is 0 Å². The van der Waals surface area contributed by atoms with Gasteiger partial charge in [-0.2, -0.15) is 0 Å². The summed E-state index contributed by atoms with van der Waals surface area (Å²) in [7, 11) is -3.51. The van der Waals surface area contributed by atoms with Crippen molar-refractivity contribution < 1.29 is 17.6 Å². The molecule has 1 aliphatic rings. The molecule has 0 saturated heterocycles. The lowest BCUT2D eigenvalue weighted by molar-refractivity contribution is -0.122. The van der Waals surface area contributed by atoms with Gasteiger partial charge in [0.25, 0.3) is 0 Å². The van der Waals surface area contributed by atoms with Gasteiger partial charge in [0.2, 0.25) is 15.9 Å². The number of nitrogens with one attached hydrogen (secondary N) is 1. The average molecular weight is 335 g/mol. The van der Waals surface area contributed by atoms with E-state index in [-0.39, 0.29) is 36.5 Å². The smallest absolute Gasteiger partial charge is 0.223 e. The number of hydrogen-bond donors (Lipinski definition) is 2. The molecule has 116 valence electrons. The lowest BCUT2D eigenvalue weighted by atomic mass is 10.1. The topological polar surface area (TPSA) is 89.3 Å². The minimum Gasteiger partial charge on any atom is -0.356 e. The first-order valence-electron chi connectivity index (χ1n) is 6.51. The lowest BCUT2D eigenvalue weighted by Gasteiger charge is -2.06. The molecule has 2 unspecified atom stereocenters. The van der Waals surface area contributed by atoms with Crippen molar-refractivity contribution in [2.75, 3.05) is 12.3 Å². The summed E-state index contributed by atoms with van der Waals surface area (Å²) < 4.78 is 35.2. The standard InChI is InChI=1S/C13H16ClFN2O3S/c14-10-3-1-4-11(15)12(10)8-7-9(8)13(18)17-5-2-6-21(16,19)20/h1,3-4,8-9H,2,5-7H2,(H,17,18)(H2,16,19,20). The molecule has 5 nitrogen and oxygen atoms in total. The Labute approximate surface area is 127 Å². The number of carbonyl (C=O) groups is 1. The summed E-state index contributed by atoms with van der Waals surface area (Å²) in [5, 5.41) is 7.81. The number of benzene rings is 1. The number of rotatable bonds is 6. The molecule has 1 aromatic carbocycles. The van der Waals surface area contributed by atoms with Gasteiger partial charge in [-0.25, -0.2) is 17.9 Å². The van der Waals surface area contributed by atoms with Crippen LogP contribution in [0.1, 0.15) is 24.3 Å². The molecule has 0 spiro atoms. The molecule has 1 fully saturated rings. The summed E-state index contributed by atoms with van der Waals surface area (Å²) in [5.41, 5.74) is 0.379. The van der Waals surface area contributed by atoms with Crippen LogP contribution in [0.5, 0.6) is 0 Å². The third-order valence-corrected chi connectivity index (χ3v) is 4.59. The van der Waals surface area contributed by atoms with Gasteiger partial charge in [-0.15, -0.1) is 0 Å². The number of hydrogen-bond acceptors (Lipinski definition) is 3. The van der Waals surface area contributed by atoms with Crippen molar-refractivity contribution in [2.24, 2.45) is 11.1 Å². The SMILES string of the molecule is NS(=O)(=O)CCCNC(=O)C1CC1c1c(F)cccc1Cl. The minimum atomic E-state index is -3.51. The largest absolute Gasteiger partial charge is 0.356 e. The third-order valence-electron chi connectivity index (χ3n) is 3.40. The first-order chi connectivity index (χ1) is 9.79. The molecule has 1 amide bonds. The van der Waals surface area contributed by atoms with Crippen molar-refractivity contribution in [1.29, 1.82) is 0 Å². The van der Waals surface area contributed by atoms with Crippen LogP contribution in [0.2, 0.25) is 5.02 Å². The zero-order valence-electron chi connectivity index (χ0n) is 11.2. The molecule has 0 aromatic heterocycles. The molecule has 0 heterocycles. The maximum Gasteiger partial charge on any atom is 0.223 e. The van der Waals surface area contributed by atoms with Crippen LogP contribution < -0.4 is 10.5 Å². The van der Waals surface area contributed by atoms with Crippen LogP contribution in [-0.4, -0.2) is 26.6 Å². The van der Waals surface area contributed by atoms with E-state index in [0.29, 0.717) is 17.0 Å². The minimum absolute atomic E-state index is 0.180. The summed E-state index contributed by atoms with van der Waals surface area (Å²) >= 11 is 5.96. The highest BCUT2D eigenvalue weighted by atomic mass is 35.5. The van der Waals surface area contributed by atoms with Gasteiger partial charge in [0.1, 0.15) is 5.82 Å². The van der Waals surface area contributed by atoms with Gasteiger partial charge in [-0.1, -0.05) is 17.7 Å². The van der Waals surface area contributed by atoms with E-state index in [0.717, 1.165) is 0 Å². The van der Waals surface area contributed by atoms with Crippen molar-refractivity contribution in [2.45, 2.75) is 18.8 Å². The van der Waals surface area contributed by atoms with Gasteiger partial charge in [-0.3, -0.25) is 4.79 Å². The molecule has 1 aliphatic carbocycles. The quantitative estimate of drug-likeness (QED) is 0.770. The Bertz CT molecular complexity index is 631. The Kier molecular flexibility index (Phi) is 4.85. The zero-order chi connectivity index (χ0) is 15.6. The fourth-order valence-corrected chi connectivity index (χ4v) is 3.13. The Balaban J connectivity index is 1.84. The second kappa shape index (κ2) is 6.29. The molecule has 2 atom stereocenters. The van der Waals surface area contributed by atoms with Gasteiger partial charge in [0.05, 0.1) is 5.75 Å². The molecule has 21 heavy (non-hydrogen) atoms. The molecule has 1 saturated carbocycles. The van der Waals surface area contributed by atoms with Crippen molar-refractivity contribution in [1.82, 2.24) is 5.32 Å². The predicted octanol–water partition coefficient (Wildman–Crippen LogP) is 1.38. The van der Waals surface area contributed by atoms with Crippen molar-refractivity contribution >= 4 is 27.5 Å². The van der Waals surface area contributed by atoms with E-state index in [4.69, 9.17) is 16.7 Å². The van der Waals surface area contributed by atoms with Crippen molar-refractivity contribution in [3.8, 4) is 0 Å². The van der Waals surface area contributed by atoms with E-state index in [1.165, 1.54) is 12.1 Å². The number of primary sulfonamides is 1. The van der Waals surface area contributed by atoms with Crippen molar-refractivity contribution in [3.63, 3.8) is 0 Å². The number of halogens is 2. The van der Waals surface area contributed by atoms with Crippen molar-refractivity contribution in [3.05, 3.63) is 34.6 Å². The highest BCUT2D eigenvalue weighted by molar-refractivity contribution is 7.89. The summed E-state index contributed by atoms with van der Waals surface area (Å²) in [6.45, 7) is 0.226. The van der Waals surface area contributed by atoms with Crippen LogP contribution in [0.15, 0.2) is 18.2 Å². The first-order valence-corrected chi connectivity index (χ1v) is 8.61. The molecule has 0 radical (unpaired) electrons. The van der Waals surface area contributed by atoms with Crippen LogP contribution in [0.25, 0.3) is 0 Å². The molecular formula is C13H16ClFN2O3S.